The average molecular weight is 481 g/mol. The first-order valence-corrected chi connectivity index (χ1v) is 14.1. The molecule has 2 bridgehead atoms. The van der Waals surface area contributed by atoms with E-state index in [-0.39, 0.29) is 42.0 Å². The van der Waals surface area contributed by atoms with Crippen molar-refractivity contribution >= 4 is 7.82 Å². The van der Waals surface area contributed by atoms with Crippen molar-refractivity contribution in [2.24, 2.45) is 17.3 Å². The second-order valence-corrected chi connectivity index (χ2v) is 12.7. The summed E-state index contributed by atoms with van der Waals surface area (Å²) in [6, 6.07) is 4.12. The summed E-state index contributed by atoms with van der Waals surface area (Å²) in [6.07, 6.45) is 3.38. The number of fused-ring (bicyclic) bond motifs is 1. The van der Waals surface area contributed by atoms with Crippen molar-refractivity contribution in [2.45, 2.75) is 97.7 Å². The lowest BCUT2D eigenvalue weighted by Gasteiger charge is -2.62. The van der Waals surface area contributed by atoms with Gasteiger partial charge in [-0.25, -0.2) is 4.57 Å². The third-order valence-electron chi connectivity index (χ3n) is 8.38. The number of hydrogen-bond donors (Lipinski definition) is 1. The predicted molar refractivity (Wildman–Crippen MR) is 129 cm³/mol. The molecule has 1 aromatic carbocycles. The van der Waals surface area contributed by atoms with E-state index >= 15 is 0 Å². The van der Waals surface area contributed by atoms with Crippen molar-refractivity contribution in [1.29, 1.82) is 0 Å². The molecule has 33 heavy (non-hydrogen) atoms. The lowest BCUT2D eigenvalue weighted by Crippen LogP contribution is -2.63. The molecular formula is C26H41O6P. The first kappa shape index (κ1) is 25.0. The minimum atomic E-state index is -3.79. The molecule has 0 saturated heterocycles. The Morgan fingerprint density at radius 1 is 1.15 bits per heavy atom. The fraction of sp³-hybridized carbons (Fsp3) is 0.769. The number of phosphoric ester groups is 1. The molecule has 0 unspecified atom stereocenters. The lowest BCUT2D eigenvalue weighted by atomic mass is 9.43. The maximum atomic E-state index is 13.4. The van der Waals surface area contributed by atoms with Crippen LogP contribution in [-0.4, -0.2) is 30.5 Å². The monoisotopic (exact) mass is 480 g/mol. The van der Waals surface area contributed by atoms with Gasteiger partial charge in [0.05, 0.1) is 19.3 Å². The van der Waals surface area contributed by atoms with Gasteiger partial charge < -0.3 is 14.4 Å². The number of aliphatic hydroxyl groups excluding tert-OH is 1. The van der Waals surface area contributed by atoms with Crippen LogP contribution in [0.15, 0.2) is 12.1 Å². The first-order chi connectivity index (χ1) is 15.5. The van der Waals surface area contributed by atoms with E-state index < -0.39 is 13.9 Å². The van der Waals surface area contributed by atoms with Gasteiger partial charge in [0, 0.05) is 11.5 Å². The second-order valence-electron chi connectivity index (χ2n) is 11.1. The number of phosphoric acid groups is 1. The van der Waals surface area contributed by atoms with E-state index in [0.717, 1.165) is 42.6 Å². The van der Waals surface area contributed by atoms with Gasteiger partial charge in [0.15, 0.2) is 0 Å². The quantitative estimate of drug-likeness (QED) is 0.381. The summed E-state index contributed by atoms with van der Waals surface area (Å²) in [5.74, 6) is 1.86. The van der Waals surface area contributed by atoms with Crippen LogP contribution < -0.4 is 9.26 Å². The van der Waals surface area contributed by atoms with Gasteiger partial charge in [-0.05, 0) is 67.1 Å². The van der Waals surface area contributed by atoms with E-state index in [1.165, 1.54) is 0 Å². The SMILES string of the molecule is CCCCC(C)(C)c1cc2c(c(OP(=O)(OCC)OCC)c1)[C@H]1[C@@H](O2)[C@@H](O)[C@@H]2C[C@H]1C2(C)C. The van der Waals surface area contributed by atoms with Gasteiger partial charge in [-0.1, -0.05) is 47.5 Å². The van der Waals surface area contributed by atoms with Crippen LogP contribution in [0, 0.1) is 17.3 Å². The zero-order valence-corrected chi connectivity index (χ0v) is 22.1. The Morgan fingerprint density at radius 2 is 1.82 bits per heavy atom. The maximum absolute atomic E-state index is 13.4. The lowest BCUT2D eigenvalue weighted by molar-refractivity contribution is -0.190. The normalized spacial score (nSPS) is 29.6. The molecule has 4 aliphatic rings. The summed E-state index contributed by atoms with van der Waals surface area (Å²) in [5, 5.41) is 11.2. The summed E-state index contributed by atoms with van der Waals surface area (Å²) in [7, 11) is -3.79. The summed E-state index contributed by atoms with van der Waals surface area (Å²) in [4.78, 5) is 0. The molecule has 6 nitrogen and oxygen atoms in total. The Morgan fingerprint density at radius 3 is 2.39 bits per heavy atom. The zero-order chi connectivity index (χ0) is 24.2. The summed E-state index contributed by atoms with van der Waals surface area (Å²) >= 11 is 0. The molecule has 1 aromatic rings. The molecule has 0 aromatic heterocycles. The molecule has 0 spiro atoms. The Kier molecular flexibility index (Phi) is 6.72. The van der Waals surface area contributed by atoms with E-state index in [4.69, 9.17) is 18.3 Å². The van der Waals surface area contributed by atoms with Crippen molar-refractivity contribution in [3.8, 4) is 11.5 Å². The smallest absolute Gasteiger partial charge is 0.487 e. The van der Waals surface area contributed by atoms with Crippen molar-refractivity contribution in [1.82, 2.24) is 0 Å². The molecule has 5 atom stereocenters. The van der Waals surface area contributed by atoms with Gasteiger partial charge in [0.1, 0.15) is 17.6 Å². The average Bonchev–Trinajstić information content (AvgIpc) is 3.12. The van der Waals surface area contributed by atoms with Crippen LogP contribution in [0.4, 0.5) is 0 Å². The molecular weight excluding hydrogens is 439 g/mol. The molecule has 5 rings (SSSR count). The molecule has 186 valence electrons. The number of benzene rings is 1. The number of rotatable bonds is 10. The van der Waals surface area contributed by atoms with Gasteiger partial charge in [0.25, 0.3) is 0 Å². The van der Waals surface area contributed by atoms with Gasteiger partial charge in [-0.3, -0.25) is 9.05 Å². The van der Waals surface area contributed by atoms with Crippen LogP contribution in [-0.2, 0) is 19.0 Å². The van der Waals surface area contributed by atoms with Gasteiger partial charge in [-0.2, -0.15) is 0 Å². The van der Waals surface area contributed by atoms with E-state index in [1.54, 1.807) is 13.8 Å². The predicted octanol–water partition coefficient (Wildman–Crippen LogP) is 6.60. The zero-order valence-electron chi connectivity index (χ0n) is 21.2. The highest BCUT2D eigenvalue weighted by molar-refractivity contribution is 7.48. The van der Waals surface area contributed by atoms with Crippen molar-refractivity contribution in [2.75, 3.05) is 13.2 Å². The molecule has 7 heteroatoms. The Balaban J connectivity index is 1.81. The number of unbranched alkanes of at least 4 members (excludes halogenated alkanes) is 1. The van der Waals surface area contributed by atoms with Gasteiger partial charge in [-0.15, -0.1) is 0 Å². The number of hydrogen-bond acceptors (Lipinski definition) is 6. The molecule has 3 aliphatic carbocycles. The Hall–Kier alpha value is -1.07. The topological polar surface area (TPSA) is 74.2 Å². The summed E-state index contributed by atoms with van der Waals surface area (Å²) in [6.45, 7) is 15.1. The fourth-order valence-electron chi connectivity index (χ4n) is 6.29. The molecule has 1 heterocycles. The van der Waals surface area contributed by atoms with Gasteiger partial charge >= 0.3 is 7.82 Å². The fourth-order valence-corrected chi connectivity index (χ4v) is 7.50. The molecule has 1 N–H and O–H groups in total. The van der Waals surface area contributed by atoms with E-state index in [9.17, 15) is 9.67 Å². The minimum absolute atomic E-state index is 0.00509. The third kappa shape index (κ3) is 4.16. The maximum Gasteiger partial charge on any atom is 0.530 e. The highest BCUT2D eigenvalue weighted by Gasteiger charge is 2.66. The minimum Gasteiger partial charge on any atom is -0.487 e. The molecule has 3 saturated carbocycles. The summed E-state index contributed by atoms with van der Waals surface area (Å²) in [5.41, 5.74) is 1.89. The highest BCUT2D eigenvalue weighted by Crippen LogP contribution is 2.69. The van der Waals surface area contributed by atoms with Crippen LogP contribution in [0.3, 0.4) is 0 Å². The van der Waals surface area contributed by atoms with Crippen molar-refractivity contribution in [3.63, 3.8) is 0 Å². The van der Waals surface area contributed by atoms with Crippen molar-refractivity contribution < 1.29 is 28.0 Å². The van der Waals surface area contributed by atoms with Crippen LogP contribution in [0.25, 0.3) is 0 Å². The van der Waals surface area contributed by atoms with E-state index in [1.807, 2.05) is 6.07 Å². The highest BCUT2D eigenvalue weighted by atomic mass is 31.2. The number of ether oxygens (including phenoxy) is 1. The first-order valence-electron chi connectivity index (χ1n) is 12.6. The van der Waals surface area contributed by atoms with Crippen LogP contribution in [0.5, 0.6) is 11.5 Å². The standard InChI is InChI=1S/C26H41O6P/c1-8-11-12-25(4,5)16-13-19-22(20(14-16)32-33(28,29-9-2)30-10-3)21-17-15-18(26(17,6)7)23(27)24(21)31-19/h13-14,17-18,21,23-24,27H,8-12,15H2,1-7H3/t17-,18+,21+,23+,24-/m1/s1. The van der Waals surface area contributed by atoms with Crippen molar-refractivity contribution in [3.05, 3.63) is 23.3 Å². The van der Waals surface area contributed by atoms with Crippen LogP contribution >= 0.6 is 7.82 Å². The molecule has 1 aliphatic heterocycles. The molecule has 0 amide bonds. The van der Waals surface area contributed by atoms with Gasteiger partial charge in [0.2, 0.25) is 0 Å². The van der Waals surface area contributed by atoms with Crippen LogP contribution in [0.2, 0.25) is 0 Å². The van der Waals surface area contributed by atoms with E-state index in [2.05, 4.69) is 40.7 Å². The largest absolute Gasteiger partial charge is 0.530 e. The molecule has 0 radical (unpaired) electrons. The Bertz CT molecular complexity index is 916. The van der Waals surface area contributed by atoms with E-state index in [0.29, 0.717) is 11.7 Å². The second kappa shape index (κ2) is 8.86. The Labute approximate surface area is 199 Å². The summed E-state index contributed by atoms with van der Waals surface area (Å²) < 4.78 is 36.9. The molecule has 3 fully saturated rings. The third-order valence-corrected chi connectivity index (χ3v) is 9.95. The van der Waals surface area contributed by atoms with Crippen LogP contribution in [0.1, 0.15) is 91.2 Å². The number of aliphatic hydroxyl groups is 1.